The summed E-state index contributed by atoms with van der Waals surface area (Å²) in [6, 6.07) is 0. The second-order valence-electron chi connectivity index (χ2n) is 5.08. The molecular weight excluding hydrogens is 286 g/mol. The zero-order valence-corrected chi connectivity index (χ0v) is 12.1. The second-order valence-corrected chi connectivity index (χ2v) is 6.09. The number of nitrogens with one attached hydrogen (secondary N) is 2. The first-order chi connectivity index (χ1) is 9.56. The maximum Gasteiger partial charge on any atom is 0.291 e. The summed E-state index contributed by atoms with van der Waals surface area (Å²) in [6.45, 7) is 4.02. The van der Waals surface area contributed by atoms with Gasteiger partial charge in [-0.05, 0) is 37.8 Å². The number of anilines is 1. The highest BCUT2D eigenvalue weighted by molar-refractivity contribution is 7.15. The maximum absolute atomic E-state index is 12.4. The lowest BCUT2D eigenvalue weighted by molar-refractivity contribution is -0.117. The fourth-order valence-electron chi connectivity index (χ4n) is 2.37. The van der Waals surface area contributed by atoms with Crippen LogP contribution in [0.5, 0.6) is 0 Å². The van der Waals surface area contributed by atoms with E-state index in [1.807, 2.05) is 6.92 Å². The molecule has 2 N–H and O–H groups in total. The average Bonchev–Trinajstić information content (AvgIpc) is 2.88. The van der Waals surface area contributed by atoms with Gasteiger partial charge in [0.05, 0.1) is 0 Å². The molecule has 1 aromatic heterocycles. The van der Waals surface area contributed by atoms with Gasteiger partial charge in [0.15, 0.2) is 5.01 Å². The van der Waals surface area contributed by atoms with Gasteiger partial charge in [-0.15, -0.1) is 10.2 Å². The van der Waals surface area contributed by atoms with E-state index in [2.05, 4.69) is 20.8 Å². The molecule has 0 aliphatic carbocycles. The number of piperidine rings is 1. The highest BCUT2D eigenvalue weighted by Gasteiger charge is 2.23. The molecule has 0 bridgehead atoms. The number of alkyl halides is 2. The zero-order valence-electron chi connectivity index (χ0n) is 11.2. The fraction of sp³-hybridized carbons (Fsp3) is 0.750. The predicted octanol–water partition coefficient (Wildman–Crippen LogP) is 2.44. The third-order valence-electron chi connectivity index (χ3n) is 3.52. The molecule has 20 heavy (non-hydrogen) atoms. The Morgan fingerprint density at radius 1 is 1.55 bits per heavy atom. The molecule has 2 rings (SSSR count). The molecule has 1 amide bonds. The van der Waals surface area contributed by atoms with Crippen molar-refractivity contribution in [3.63, 3.8) is 0 Å². The van der Waals surface area contributed by atoms with Crippen molar-refractivity contribution in [2.24, 2.45) is 11.8 Å². The summed E-state index contributed by atoms with van der Waals surface area (Å²) >= 11 is 0.715. The number of carbonyl (C=O) groups excluding carboxylic acids is 1. The van der Waals surface area contributed by atoms with E-state index in [-0.39, 0.29) is 22.0 Å². The maximum atomic E-state index is 12.4. The smallest absolute Gasteiger partial charge is 0.291 e. The van der Waals surface area contributed by atoms with Crippen LogP contribution in [0.1, 0.15) is 37.6 Å². The van der Waals surface area contributed by atoms with Crippen molar-refractivity contribution in [1.29, 1.82) is 0 Å². The molecule has 5 nitrogen and oxygen atoms in total. The van der Waals surface area contributed by atoms with Crippen LogP contribution >= 0.6 is 11.3 Å². The number of amides is 1. The summed E-state index contributed by atoms with van der Waals surface area (Å²) in [7, 11) is 0. The van der Waals surface area contributed by atoms with Gasteiger partial charge in [0.1, 0.15) is 0 Å². The van der Waals surface area contributed by atoms with Crippen LogP contribution in [0, 0.1) is 11.8 Å². The van der Waals surface area contributed by atoms with E-state index < -0.39 is 6.43 Å². The summed E-state index contributed by atoms with van der Waals surface area (Å²) in [4.78, 5) is 11.9. The Morgan fingerprint density at radius 2 is 2.35 bits per heavy atom. The first-order valence-electron chi connectivity index (χ1n) is 6.68. The van der Waals surface area contributed by atoms with Crippen molar-refractivity contribution in [1.82, 2.24) is 15.5 Å². The molecule has 8 heteroatoms. The molecule has 112 valence electrons. The lowest BCUT2D eigenvalue weighted by Gasteiger charge is -2.27. The van der Waals surface area contributed by atoms with Crippen LogP contribution in [0.15, 0.2) is 0 Å². The van der Waals surface area contributed by atoms with Gasteiger partial charge >= 0.3 is 0 Å². The Labute approximate surface area is 120 Å². The largest absolute Gasteiger partial charge is 0.316 e. The minimum Gasteiger partial charge on any atom is -0.316 e. The normalized spacial score (nSPS) is 20.9. The van der Waals surface area contributed by atoms with Crippen molar-refractivity contribution in [3.8, 4) is 0 Å². The molecule has 2 atom stereocenters. The van der Waals surface area contributed by atoms with Gasteiger partial charge in [0, 0.05) is 6.42 Å². The summed E-state index contributed by atoms with van der Waals surface area (Å²) in [6.07, 6.45) is -0.0263. The van der Waals surface area contributed by atoms with Gasteiger partial charge in [-0.1, -0.05) is 18.3 Å². The lowest BCUT2D eigenvalue weighted by Crippen LogP contribution is -2.34. The predicted molar refractivity (Wildman–Crippen MR) is 72.9 cm³/mol. The van der Waals surface area contributed by atoms with Crippen molar-refractivity contribution in [2.75, 3.05) is 18.4 Å². The highest BCUT2D eigenvalue weighted by atomic mass is 32.1. The summed E-state index contributed by atoms with van der Waals surface area (Å²) in [5.41, 5.74) is 0. The first-order valence-corrected chi connectivity index (χ1v) is 7.50. The standard InChI is InChI=1S/C12H18F2N4OS/c1-7(8-3-2-4-15-6-8)5-9(19)16-12-18-17-11(20-12)10(13)14/h7-8,10,15H,2-6H2,1H3,(H,16,18,19). The van der Waals surface area contributed by atoms with Gasteiger partial charge in [0.25, 0.3) is 6.43 Å². The average molecular weight is 304 g/mol. The van der Waals surface area contributed by atoms with Crippen LogP contribution in [-0.4, -0.2) is 29.2 Å². The van der Waals surface area contributed by atoms with Crippen LogP contribution < -0.4 is 10.6 Å². The van der Waals surface area contributed by atoms with Crippen molar-refractivity contribution >= 4 is 22.4 Å². The lowest BCUT2D eigenvalue weighted by atomic mass is 9.85. The monoisotopic (exact) mass is 304 g/mol. The van der Waals surface area contributed by atoms with Crippen LogP contribution in [0.2, 0.25) is 0 Å². The third-order valence-corrected chi connectivity index (χ3v) is 4.37. The minimum atomic E-state index is -2.65. The van der Waals surface area contributed by atoms with Crippen molar-refractivity contribution < 1.29 is 13.6 Å². The van der Waals surface area contributed by atoms with Crippen molar-refractivity contribution in [2.45, 2.75) is 32.6 Å². The Bertz CT molecular complexity index is 448. The molecule has 0 aromatic carbocycles. The molecule has 0 radical (unpaired) electrons. The van der Waals surface area contributed by atoms with Gasteiger partial charge in [-0.25, -0.2) is 8.78 Å². The Kier molecular flexibility index (Phi) is 5.36. The molecule has 1 aromatic rings. The molecule has 1 fully saturated rings. The van der Waals surface area contributed by atoms with Crippen LogP contribution in [0.4, 0.5) is 13.9 Å². The highest BCUT2D eigenvalue weighted by Crippen LogP contribution is 2.26. The fourth-order valence-corrected chi connectivity index (χ4v) is 2.98. The molecule has 0 saturated carbocycles. The number of rotatable bonds is 5. The second kappa shape index (κ2) is 7.03. The summed E-state index contributed by atoms with van der Waals surface area (Å²) < 4.78 is 24.7. The Morgan fingerprint density at radius 3 is 2.95 bits per heavy atom. The molecule has 1 aliphatic rings. The van der Waals surface area contributed by atoms with E-state index in [4.69, 9.17) is 0 Å². The van der Waals surface area contributed by atoms with E-state index in [1.54, 1.807) is 0 Å². The molecule has 2 unspecified atom stereocenters. The quantitative estimate of drug-likeness (QED) is 0.877. The van der Waals surface area contributed by atoms with E-state index in [0.717, 1.165) is 25.9 Å². The first kappa shape index (κ1) is 15.2. The number of hydrogen-bond acceptors (Lipinski definition) is 5. The van der Waals surface area contributed by atoms with Gasteiger partial charge < -0.3 is 10.6 Å². The topological polar surface area (TPSA) is 66.9 Å². The number of carbonyl (C=O) groups is 1. The third kappa shape index (κ3) is 4.17. The summed E-state index contributed by atoms with van der Waals surface area (Å²) in [5.74, 6) is 0.547. The van der Waals surface area contributed by atoms with Crippen molar-refractivity contribution in [3.05, 3.63) is 5.01 Å². The number of nitrogens with zero attached hydrogens (tertiary/aromatic N) is 2. The molecule has 0 spiro atoms. The molecule has 1 saturated heterocycles. The molecule has 1 aliphatic heterocycles. The summed E-state index contributed by atoms with van der Waals surface area (Å²) in [5, 5.41) is 12.5. The van der Waals surface area contributed by atoms with Crippen LogP contribution in [0.3, 0.4) is 0 Å². The number of halogens is 2. The molecular formula is C12H18F2N4OS. The number of hydrogen-bond donors (Lipinski definition) is 2. The molecule has 2 heterocycles. The van der Waals surface area contributed by atoms with Gasteiger partial charge in [0.2, 0.25) is 11.0 Å². The zero-order chi connectivity index (χ0) is 14.5. The van der Waals surface area contributed by atoms with Crippen LogP contribution in [-0.2, 0) is 4.79 Å². The Hall–Kier alpha value is -1.15. The van der Waals surface area contributed by atoms with Gasteiger partial charge in [-0.2, -0.15) is 0 Å². The van der Waals surface area contributed by atoms with Crippen LogP contribution in [0.25, 0.3) is 0 Å². The SMILES string of the molecule is CC(CC(=O)Nc1nnc(C(F)F)s1)C1CCCNC1. The van der Waals surface area contributed by atoms with E-state index in [0.29, 0.717) is 23.7 Å². The minimum absolute atomic E-state index is 0.138. The number of aromatic nitrogens is 2. The van der Waals surface area contributed by atoms with E-state index in [9.17, 15) is 13.6 Å². The van der Waals surface area contributed by atoms with Gasteiger partial charge in [-0.3, -0.25) is 4.79 Å². The Balaban J connectivity index is 1.81. The van der Waals surface area contributed by atoms with E-state index >= 15 is 0 Å². The van der Waals surface area contributed by atoms with E-state index in [1.165, 1.54) is 0 Å².